The van der Waals surface area contributed by atoms with E-state index in [1.165, 1.54) is 17.1 Å². The first-order chi connectivity index (χ1) is 13.1. The van der Waals surface area contributed by atoms with Gasteiger partial charge in [0.25, 0.3) is 11.8 Å². The van der Waals surface area contributed by atoms with Gasteiger partial charge >= 0.3 is 0 Å². The Morgan fingerprint density at radius 2 is 2.11 bits per heavy atom. The lowest BCUT2D eigenvalue weighted by Gasteiger charge is -2.16. The molecule has 0 aliphatic heterocycles. The van der Waals surface area contributed by atoms with Gasteiger partial charge in [-0.25, -0.2) is 9.97 Å². The topological polar surface area (TPSA) is 136 Å². The number of imidazole rings is 1. The summed E-state index contributed by atoms with van der Waals surface area (Å²) >= 11 is 0. The highest BCUT2D eigenvalue weighted by Crippen LogP contribution is 2.10. The minimum absolute atomic E-state index is 0.192. The van der Waals surface area contributed by atoms with Gasteiger partial charge in [0.2, 0.25) is 5.78 Å². The zero-order valence-corrected chi connectivity index (χ0v) is 14.3. The molecular formula is C18H18N6O3. The molecule has 1 atom stereocenters. The molecule has 3 rings (SSSR count). The predicted octanol–water partition coefficient (Wildman–Crippen LogP) is 0.381. The van der Waals surface area contributed by atoms with E-state index >= 15 is 0 Å². The average Bonchev–Trinajstić information content (AvgIpc) is 3.36. The highest BCUT2D eigenvalue weighted by molar-refractivity contribution is 6.37. The number of hydrogen-bond donors (Lipinski definition) is 3. The maximum atomic E-state index is 12.7. The van der Waals surface area contributed by atoms with E-state index in [1.54, 1.807) is 36.8 Å². The first-order valence-electron chi connectivity index (χ1n) is 8.26. The number of amides is 2. The van der Waals surface area contributed by atoms with E-state index in [0.717, 1.165) is 5.56 Å². The van der Waals surface area contributed by atoms with Gasteiger partial charge in [-0.1, -0.05) is 6.07 Å². The maximum Gasteiger partial charge on any atom is 0.287 e. The summed E-state index contributed by atoms with van der Waals surface area (Å²) in [6.45, 7) is 0. The smallest absolute Gasteiger partial charge is 0.287 e. The first-order valence-corrected chi connectivity index (χ1v) is 8.26. The van der Waals surface area contributed by atoms with Crippen molar-refractivity contribution in [2.24, 2.45) is 5.73 Å². The second-order valence-electron chi connectivity index (χ2n) is 5.85. The van der Waals surface area contributed by atoms with E-state index < -0.39 is 23.6 Å². The summed E-state index contributed by atoms with van der Waals surface area (Å²) in [5, 5.41) is 2.58. The van der Waals surface area contributed by atoms with Gasteiger partial charge in [-0.3, -0.25) is 19.0 Å². The standard InChI is InChI=1S/C18H18N6O3/c19-17(26)16(25)13(5-4-12-6-8-20-9-12)23-18(27)14-10-21-11-24(14)15-3-1-2-7-22-15/h1-3,6-11,13,20H,4-5H2,(H2,19,26)(H,23,27). The quantitative estimate of drug-likeness (QED) is 0.495. The average molecular weight is 366 g/mol. The second kappa shape index (κ2) is 8.09. The Kier molecular flexibility index (Phi) is 5.41. The molecule has 4 N–H and O–H groups in total. The van der Waals surface area contributed by atoms with Gasteiger partial charge in [-0.15, -0.1) is 0 Å². The van der Waals surface area contributed by atoms with Gasteiger partial charge in [0.05, 0.1) is 12.2 Å². The molecule has 0 fully saturated rings. The SMILES string of the molecule is NC(=O)C(=O)C(CCc1cc[nH]c1)NC(=O)c1cncn1-c1ccccn1. The number of carbonyl (C=O) groups excluding carboxylic acids is 3. The van der Waals surface area contributed by atoms with Crippen LogP contribution in [-0.2, 0) is 16.0 Å². The molecule has 0 saturated heterocycles. The van der Waals surface area contributed by atoms with Crippen LogP contribution < -0.4 is 11.1 Å². The number of aryl methyl sites for hydroxylation is 1. The van der Waals surface area contributed by atoms with Crippen molar-refractivity contribution in [3.8, 4) is 5.82 Å². The second-order valence-corrected chi connectivity index (χ2v) is 5.85. The minimum Gasteiger partial charge on any atom is -0.367 e. The number of carbonyl (C=O) groups is 3. The molecule has 3 heterocycles. The van der Waals surface area contributed by atoms with Crippen LogP contribution in [0.4, 0.5) is 0 Å². The normalized spacial score (nSPS) is 11.7. The Morgan fingerprint density at radius 1 is 1.26 bits per heavy atom. The fourth-order valence-corrected chi connectivity index (χ4v) is 2.64. The lowest BCUT2D eigenvalue weighted by Crippen LogP contribution is -2.46. The number of hydrogen-bond acceptors (Lipinski definition) is 5. The van der Waals surface area contributed by atoms with Gasteiger partial charge in [-0.2, -0.15) is 0 Å². The van der Waals surface area contributed by atoms with E-state index in [9.17, 15) is 14.4 Å². The number of aromatic nitrogens is 4. The van der Waals surface area contributed by atoms with Crippen molar-refractivity contribution in [2.45, 2.75) is 18.9 Å². The van der Waals surface area contributed by atoms with Crippen molar-refractivity contribution < 1.29 is 14.4 Å². The summed E-state index contributed by atoms with van der Waals surface area (Å²) in [7, 11) is 0. The summed E-state index contributed by atoms with van der Waals surface area (Å²) in [4.78, 5) is 47.2. The fourth-order valence-electron chi connectivity index (χ4n) is 2.64. The number of rotatable bonds is 8. The van der Waals surface area contributed by atoms with Crippen molar-refractivity contribution in [1.29, 1.82) is 0 Å². The molecule has 0 aliphatic rings. The summed E-state index contributed by atoms with van der Waals surface area (Å²) in [5.74, 6) is -1.98. The Labute approximate surface area is 154 Å². The van der Waals surface area contributed by atoms with Crippen molar-refractivity contribution in [3.63, 3.8) is 0 Å². The molecule has 138 valence electrons. The molecule has 0 radical (unpaired) electrons. The lowest BCUT2D eigenvalue weighted by molar-refractivity contribution is -0.137. The van der Waals surface area contributed by atoms with Crippen LogP contribution in [0.5, 0.6) is 0 Å². The van der Waals surface area contributed by atoms with Crippen LogP contribution >= 0.6 is 0 Å². The molecule has 3 aromatic heterocycles. The lowest BCUT2D eigenvalue weighted by atomic mass is 10.0. The van der Waals surface area contributed by atoms with Crippen LogP contribution in [0.1, 0.15) is 22.5 Å². The third-order valence-corrected chi connectivity index (χ3v) is 4.02. The highest BCUT2D eigenvalue weighted by Gasteiger charge is 2.26. The number of nitrogens with zero attached hydrogens (tertiary/aromatic N) is 3. The largest absolute Gasteiger partial charge is 0.367 e. The molecule has 27 heavy (non-hydrogen) atoms. The number of nitrogens with one attached hydrogen (secondary N) is 2. The molecular weight excluding hydrogens is 348 g/mol. The van der Waals surface area contributed by atoms with Crippen molar-refractivity contribution in [3.05, 3.63) is 66.6 Å². The predicted molar refractivity (Wildman–Crippen MR) is 95.9 cm³/mol. The maximum absolute atomic E-state index is 12.7. The Balaban J connectivity index is 1.77. The first kappa shape index (κ1) is 18.1. The molecule has 0 aliphatic carbocycles. The molecule has 0 saturated carbocycles. The van der Waals surface area contributed by atoms with Crippen LogP contribution in [-0.4, -0.2) is 43.2 Å². The van der Waals surface area contributed by atoms with E-state index in [1.807, 2.05) is 6.07 Å². The van der Waals surface area contributed by atoms with E-state index in [0.29, 0.717) is 12.2 Å². The van der Waals surface area contributed by atoms with E-state index in [-0.39, 0.29) is 12.1 Å². The van der Waals surface area contributed by atoms with Crippen LogP contribution in [0.3, 0.4) is 0 Å². The summed E-state index contributed by atoms with van der Waals surface area (Å²) in [6, 6.07) is 6.07. The molecule has 9 heteroatoms. The summed E-state index contributed by atoms with van der Waals surface area (Å²) in [5.41, 5.74) is 6.27. The van der Waals surface area contributed by atoms with Crippen molar-refractivity contribution in [1.82, 2.24) is 24.8 Å². The summed E-state index contributed by atoms with van der Waals surface area (Å²) < 4.78 is 1.49. The highest BCUT2D eigenvalue weighted by atomic mass is 16.2. The zero-order valence-electron chi connectivity index (χ0n) is 14.3. The Hall–Kier alpha value is -3.75. The summed E-state index contributed by atoms with van der Waals surface area (Å²) in [6.07, 6.45) is 8.67. The number of nitrogens with two attached hydrogens (primary N) is 1. The van der Waals surface area contributed by atoms with Gasteiger partial charge in [0.15, 0.2) is 0 Å². The van der Waals surface area contributed by atoms with Crippen molar-refractivity contribution >= 4 is 17.6 Å². The van der Waals surface area contributed by atoms with Crippen LogP contribution in [0, 0.1) is 0 Å². The number of aromatic amines is 1. The van der Waals surface area contributed by atoms with Gasteiger partial charge in [0, 0.05) is 18.6 Å². The van der Waals surface area contributed by atoms with Crippen LogP contribution in [0.2, 0.25) is 0 Å². The Bertz CT molecular complexity index is 933. The van der Waals surface area contributed by atoms with Gasteiger partial charge < -0.3 is 16.0 Å². The third-order valence-electron chi connectivity index (χ3n) is 4.02. The van der Waals surface area contributed by atoms with Gasteiger partial charge in [0.1, 0.15) is 17.8 Å². The minimum atomic E-state index is -1.09. The molecule has 2 amide bonds. The molecule has 1 unspecified atom stereocenters. The van der Waals surface area contributed by atoms with Crippen LogP contribution in [0.25, 0.3) is 5.82 Å². The van der Waals surface area contributed by atoms with Gasteiger partial charge in [-0.05, 0) is 36.6 Å². The molecule has 0 bridgehead atoms. The number of H-pyrrole nitrogens is 1. The van der Waals surface area contributed by atoms with Crippen LogP contribution in [0.15, 0.2) is 55.4 Å². The number of ketones is 1. The molecule has 9 nitrogen and oxygen atoms in total. The number of pyridine rings is 1. The number of Topliss-reactive ketones (excluding diaryl/α,β-unsaturated/α-hetero) is 1. The number of primary amides is 1. The monoisotopic (exact) mass is 366 g/mol. The molecule has 3 aromatic rings. The van der Waals surface area contributed by atoms with E-state index in [4.69, 9.17) is 5.73 Å². The fraction of sp³-hybridized carbons (Fsp3) is 0.167. The molecule has 0 aromatic carbocycles. The molecule has 0 spiro atoms. The zero-order chi connectivity index (χ0) is 19.2. The third kappa shape index (κ3) is 4.27. The Morgan fingerprint density at radius 3 is 2.78 bits per heavy atom. The van der Waals surface area contributed by atoms with Crippen molar-refractivity contribution in [2.75, 3.05) is 0 Å². The van der Waals surface area contributed by atoms with E-state index in [2.05, 4.69) is 20.3 Å².